The number of carbonyl (C=O) groups excluding carboxylic acids is 1. The van der Waals surface area contributed by atoms with Gasteiger partial charge < -0.3 is 5.11 Å². The van der Waals surface area contributed by atoms with Gasteiger partial charge in [-0.25, -0.2) is 0 Å². The minimum absolute atomic E-state index is 0.149. The van der Waals surface area contributed by atoms with Crippen LogP contribution in [0.1, 0.15) is 58.8 Å². The lowest BCUT2D eigenvalue weighted by Crippen LogP contribution is -2.50. The van der Waals surface area contributed by atoms with Crippen LogP contribution in [0.5, 0.6) is 0 Å². The van der Waals surface area contributed by atoms with E-state index in [-0.39, 0.29) is 22.9 Å². The molecule has 3 fully saturated rings. The third kappa shape index (κ3) is 3.36. The Morgan fingerprint density at radius 3 is 2.63 bits per heavy atom. The van der Waals surface area contributed by atoms with E-state index in [1.54, 1.807) is 0 Å². The van der Waals surface area contributed by atoms with Gasteiger partial charge in [0.15, 0.2) is 0 Å². The summed E-state index contributed by atoms with van der Waals surface area (Å²) in [5, 5.41) is 10.2. The van der Waals surface area contributed by atoms with Crippen LogP contribution in [0.2, 0.25) is 0 Å². The van der Waals surface area contributed by atoms with E-state index in [1.807, 2.05) is 11.8 Å². The van der Waals surface area contributed by atoms with E-state index in [9.17, 15) is 9.90 Å². The molecule has 1 aromatic carbocycles. The Hall–Kier alpha value is -0.580. The third-order valence-corrected chi connectivity index (χ3v) is 11.0. The standard InChI is InChI=1S/C26H33BrO2S/c1-25-11-9-18(28)13-16(25)3-8-20-21(25)10-12-26(2)22(20)14-24(29)23(26)15-30-19-6-4-17(27)5-7-19/h3-7,18,20-23,28H,8-15H2,1-2H3/t18-,20+,21-,22-,23-,25-,26-/m0/s1. The van der Waals surface area contributed by atoms with Crippen LogP contribution in [0.15, 0.2) is 45.3 Å². The smallest absolute Gasteiger partial charge is 0.137 e. The fraction of sp³-hybridized carbons (Fsp3) is 0.654. The van der Waals surface area contributed by atoms with Gasteiger partial charge in [-0.3, -0.25) is 4.79 Å². The van der Waals surface area contributed by atoms with Crippen LogP contribution in [0, 0.1) is 34.5 Å². The van der Waals surface area contributed by atoms with Gasteiger partial charge in [0.1, 0.15) is 5.78 Å². The fourth-order valence-corrected chi connectivity index (χ4v) is 9.05. The van der Waals surface area contributed by atoms with Crippen molar-refractivity contribution in [1.82, 2.24) is 0 Å². The van der Waals surface area contributed by atoms with E-state index in [1.165, 1.54) is 23.3 Å². The molecule has 162 valence electrons. The lowest BCUT2D eigenvalue weighted by molar-refractivity contribution is -0.121. The van der Waals surface area contributed by atoms with Crippen molar-refractivity contribution in [1.29, 1.82) is 0 Å². The Morgan fingerprint density at radius 1 is 1.10 bits per heavy atom. The molecule has 5 rings (SSSR count). The summed E-state index contributed by atoms with van der Waals surface area (Å²) in [5.74, 6) is 3.46. The fourth-order valence-electron chi connectivity index (χ4n) is 7.53. The van der Waals surface area contributed by atoms with Crippen molar-refractivity contribution >= 4 is 33.5 Å². The molecule has 4 heteroatoms. The lowest BCUT2D eigenvalue weighted by Gasteiger charge is -2.57. The molecular weight excluding hydrogens is 456 g/mol. The highest BCUT2D eigenvalue weighted by Crippen LogP contribution is 2.65. The summed E-state index contributed by atoms with van der Waals surface area (Å²) in [6.45, 7) is 4.89. The summed E-state index contributed by atoms with van der Waals surface area (Å²) in [5.41, 5.74) is 1.91. The molecule has 30 heavy (non-hydrogen) atoms. The van der Waals surface area contributed by atoms with E-state index in [4.69, 9.17) is 0 Å². The molecule has 0 heterocycles. The van der Waals surface area contributed by atoms with Gasteiger partial charge in [-0.05, 0) is 91.4 Å². The van der Waals surface area contributed by atoms with Crippen LogP contribution >= 0.6 is 27.7 Å². The summed E-state index contributed by atoms with van der Waals surface area (Å²) in [4.78, 5) is 14.5. The molecule has 0 aliphatic heterocycles. The number of halogens is 1. The molecule has 2 nitrogen and oxygen atoms in total. The molecule has 0 amide bonds. The second-order valence-corrected chi connectivity index (χ2v) is 12.7. The van der Waals surface area contributed by atoms with Gasteiger partial charge in [-0.2, -0.15) is 0 Å². The van der Waals surface area contributed by atoms with Crippen molar-refractivity contribution < 1.29 is 9.90 Å². The maximum Gasteiger partial charge on any atom is 0.137 e. The van der Waals surface area contributed by atoms with Crippen LogP contribution in [-0.2, 0) is 4.79 Å². The summed E-state index contributed by atoms with van der Waals surface area (Å²) in [6.07, 6.45) is 9.55. The molecule has 4 aliphatic carbocycles. The van der Waals surface area contributed by atoms with E-state index >= 15 is 0 Å². The number of Topliss-reactive ketones (excluding diaryl/α,β-unsaturated/α-hetero) is 1. The normalized spacial score (nSPS) is 42.9. The van der Waals surface area contributed by atoms with Gasteiger partial charge in [0, 0.05) is 27.5 Å². The van der Waals surface area contributed by atoms with Gasteiger partial charge in [-0.1, -0.05) is 41.4 Å². The summed E-state index contributed by atoms with van der Waals surface area (Å²) >= 11 is 5.36. The topological polar surface area (TPSA) is 37.3 Å². The minimum atomic E-state index is -0.150. The molecular formula is C26H33BrO2S. The maximum absolute atomic E-state index is 13.2. The molecule has 1 N–H and O–H groups in total. The minimum Gasteiger partial charge on any atom is -0.393 e. The summed E-state index contributed by atoms with van der Waals surface area (Å²) in [6, 6.07) is 8.47. The number of benzene rings is 1. The van der Waals surface area contributed by atoms with E-state index in [0.29, 0.717) is 23.5 Å². The largest absolute Gasteiger partial charge is 0.393 e. The van der Waals surface area contributed by atoms with Crippen molar-refractivity contribution in [3.63, 3.8) is 0 Å². The number of aliphatic hydroxyl groups excluding tert-OH is 1. The third-order valence-electron chi connectivity index (χ3n) is 9.35. The Morgan fingerprint density at radius 2 is 1.87 bits per heavy atom. The van der Waals surface area contributed by atoms with Crippen LogP contribution in [0.3, 0.4) is 0 Å². The number of hydrogen-bond donors (Lipinski definition) is 1. The number of fused-ring (bicyclic) bond motifs is 5. The highest BCUT2D eigenvalue weighted by Gasteiger charge is 2.60. The van der Waals surface area contributed by atoms with Crippen molar-refractivity contribution in [2.45, 2.75) is 69.8 Å². The number of rotatable bonds is 3. The van der Waals surface area contributed by atoms with Crippen LogP contribution in [0.25, 0.3) is 0 Å². The Balaban J connectivity index is 1.36. The summed E-state index contributed by atoms with van der Waals surface area (Å²) in [7, 11) is 0. The second kappa shape index (κ2) is 7.78. The maximum atomic E-state index is 13.2. The molecule has 0 saturated heterocycles. The van der Waals surface area contributed by atoms with Gasteiger partial charge in [0.25, 0.3) is 0 Å². The molecule has 1 aromatic rings. The molecule has 0 aromatic heterocycles. The quantitative estimate of drug-likeness (QED) is 0.381. The number of ketones is 1. The van der Waals surface area contributed by atoms with E-state index in [0.717, 1.165) is 42.3 Å². The number of aliphatic hydroxyl groups is 1. The monoisotopic (exact) mass is 488 g/mol. The number of allylic oxidation sites excluding steroid dienone is 1. The van der Waals surface area contributed by atoms with Gasteiger partial charge in [0.2, 0.25) is 0 Å². The SMILES string of the molecule is C[C@]12CC[C@H]3[C@@H](CC=C4C[C@@H](O)CC[C@@]43C)[C@@H]1CC(=O)[C@@H]2CSc1ccc(Br)cc1. The van der Waals surface area contributed by atoms with Crippen molar-refractivity contribution in [3.05, 3.63) is 40.4 Å². The molecule has 4 aliphatic rings. The van der Waals surface area contributed by atoms with Crippen molar-refractivity contribution in [2.24, 2.45) is 34.5 Å². The Bertz CT molecular complexity index is 864. The second-order valence-electron chi connectivity index (χ2n) is 10.7. The first-order valence-corrected chi connectivity index (χ1v) is 13.4. The summed E-state index contributed by atoms with van der Waals surface area (Å²) < 4.78 is 1.10. The van der Waals surface area contributed by atoms with E-state index in [2.05, 4.69) is 60.1 Å². The van der Waals surface area contributed by atoms with Gasteiger partial charge >= 0.3 is 0 Å². The molecule has 0 bridgehead atoms. The van der Waals surface area contributed by atoms with E-state index < -0.39 is 0 Å². The highest BCUT2D eigenvalue weighted by atomic mass is 79.9. The number of thioether (sulfide) groups is 1. The average molecular weight is 490 g/mol. The van der Waals surface area contributed by atoms with Crippen LogP contribution in [0.4, 0.5) is 0 Å². The highest BCUT2D eigenvalue weighted by molar-refractivity contribution is 9.10. The van der Waals surface area contributed by atoms with Gasteiger partial charge in [0.05, 0.1) is 6.10 Å². The van der Waals surface area contributed by atoms with Crippen LogP contribution < -0.4 is 0 Å². The molecule has 3 saturated carbocycles. The molecule has 0 radical (unpaired) electrons. The first kappa shape index (κ1) is 21.3. The Kier molecular flexibility index (Phi) is 5.51. The Labute approximate surface area is 193 Å². The first-order valence-electron chi connectivity index (χ1n) is 11.6. The lowest BCUT2D eigenvalue weighted by atomic mass is 9.47. The zero-order chi connectivity index (χ0) is 21.1. The molecule has 0 unspecified atom stereocenters. The predicted octanol–water partition coefficient (Wildman–Crippen LogP) is 6.66. The van der Waals surface area contributed by atoms with Gasteiger partial charge in [-0.15, -0.1) is 11.8 Å². The van der Waals surface area contributed by atoms with Crippen molar-refractivity contribution in [3.8, 4) is 0 Å². The van der Waals surface area contributed by atoms with Crippen molar-refractivity contribution in [2.75, 3.05) is 5.75 Å². The zero-order valence-corrected chi connectivity index (χ0v) is 20.5. The number of carbonyl (C=O) groups is 1. The number of hydrogen-bond acceptors (Lipinski definition) is 3. The van der Waals surface area contributed by atoms with Crippen LogP contribution in [-0.4, -0.2) is 22.7 Å². The predicted molar refractivity (Wildman–Crippen MR) is 126 cm³/mol. The first-order chi connectivity index (χ1) is 14.3. The average Bonchev–Trinajstić information content (AvgIpc) is 2.98. The molecule has 7 atom stereocenters. The molecule has 0 spiro atoms. The zero-order valence-electron chi connectivity index (χ0n) is 18.1.